The van der Waals surface area contributed by atoms with Gasteiger partial charge in [-0.1, -0.05) is 0 Å². The molecule has 0 spiro atoms. The molecule has 0 unspecified atom stereocenters. The Morgan fingerprint density at radius 3 is 2.42 bits per heavy atom. The van der Waals surface area contributed by atoms with Crippen LogP contribution in [0.25, 0.3) is 0 Å². The van der Waals surface area contributed by atoms with Gasteiger partial charge in [0.05, 0.1) is 5.69 Å². The minimum Gasteiger partial charge on any atom is -0.325 e. The number of rotatable bonds is 1. The maximum Gasteiger partial charge on any atom is 0.106 e. The maximum atomic E-state index is 5.40. The fourth-order valence-corrected chi connectivity index (χ4v) is 1.39. The number of aryl methyl sites for hydroxylation is 1. The Balaban J connectivity index is 0. The lowest BCUT2D eigenvalue weighted by atomic mass is 10.2. The molecule has 0 atom stereocenters. The lowest BCUT2D eigenvalue weighted by Crippen LogP contribution is -1.99. The summed E-state index contributed by atoms with van der Waals surface area (Å²) in [5, 5.41) is 0. The van der Waals surface area contributed by atoms with Gasteiger partial charge in [-0.3, -0.25) is 0 Å². The Morgan fingerprint density at radius 2 is 2.00 bits per heavy atom. The van der Waals surface area contributed by atoms with Gasteiger partial charge in [-0.25, -0.2) is 4.98 Å². The minimum atomic E-state index is 0. The molecule has 1 aromatic rings. The van der Waals surface area contributed by atoms with Crippen molar-refractivity contribution in [2.24, 2.45) is 5.73 Å². The number of hydrogen-bond donors (Lipinski definition) is 1. The smallest absolute Gasteiger partial charge is 0.106 e. The third-order valence-corrected chi connectivity index (χ3v) is 1.61. The third kappa shape index (κ3) is 4.26. The van der Waals surface area contributed by atoms with E-state index in [1.807, 2.05) is 19.1 Å². The molecule has 2 nitrogen and oxygen atoms in total. The number of aromatic nitrogens is 1. The molecule has 2 N–H and O–H groups in total. The highest BCUT2D eigenvalue weighted by molar-refractivity contribution is 9.10. The van der Waals surface area contributed by atoms with Crippen LogP contribution >= 0.6 is 40.7 Å². The van der Waals surface area contributed by atoms with E-state index in [1.165, 1.54) is 5.56 Å². The molecule has 0 radical (unpaired) electrons. The van der Waals surface area contributed by atoms with Crippen molar-refractivity contribution in [1.29, 1.82) is 0 Å². The molecule has 12 heavy (non-hydrogen) atoms. The molecule has 5 heteroatoms. The van der Waals surface area contributed by atoms with Crippen molar-refractivity contribution in [2.75, 3.05) is 0 Å². The second-order valence-electron chi connectivity index (χ2n) is 2.16. The standard InChI is InChI=1S/C7H9BrN2.2ClH/c1-5-2-6(4-9)10-7(8)3-5;;/h2-3H,4,9H2,1H3;2*1H. The van der Waals surface area contributed by atoms with Gasteiger partial charge in [0.2, 0.25) is 0 Å². The predicted octanol–water partition coefficient (Wildman–Crippen LogP) is 2.45. The van der Waals surface area contributed by atoms with Crippen LogP contribution in [0.3, 0.4) is 0 Å². The highest BCUT2D eigenvalue weighted by Crippen LogP contribution is 2.09. The van der Waals surface area contributed by atoms with Crippen molar-refractivity contribution in [3.05, 3.63) is 28.0 Å². The normalized spacial score (nSPS) is 8.25. The highest BCUT2D eigenvalue weighted by atomic mass is 79.9. The summed E-state index contributed by atoms with van der Waals surface area (Å²) in [6.45, 7) is 2.52. The van der Waals surface area contributed by atoms with Crippen LogP contribution in [0.1, 0.15) is 11.3 Å². The van der Waals surface area contributed by atoms with Crippen LogP contribution in [0.4, 0.5) is 0 Å². The quantitative estimate of drug-likeness (QED) is 0.799. The lowest BCUT2D eigenvalue weighted by molar-refractivity contribution is 0.973. The van der Waals surface area contributed by atoms with E-state index < -0.39 is 0 Å². The second-order valence-corrected chi connectivity index (χ2v) is 2.98. The van der Waals surface area contributed by atoms with Crippen molar-refractivity contribution < 1.29 is 0 Å². The summed E-state index contributed by atoms with van der Waals surface area (Å²) < 4.78 is 0.855. The third-order valence-electron chi connectivity index (χ3n) is 1.20. The minimum absolute atomic E-state index is 0. The van der Waals surface area contributed by atoms with Crippen LogP contribution in [-0.2, 0) is 6.54 Å². The first-order chi connectivity index (χ1) is 4.72. The number of halogens is 3. The van der Waals surface area contributed by atoms with Gasteiger partial charge in [0, 0.05) is 6.54 Å². The first-order valence-corrected chi connectivity index (χ1v) is 3.85. The van der Waals surface area contributed by atoms with Crippen LogP contribution in [0.5, 0.6) is 0 Å². The van der Waals surface area contributed by atoms with E-state index in [0.717, 1.165) is 10.3 Å². The predicted molar refractivity (Wildman–Crippen MR) is 59.1 cm³/mol. The molecule has 0 aliphatic heterocycles. The highest BCUT2D eigenvalue weighted by Gasteiger charge is 1.94. The van der Waals surface area contributed by atoms with E-state index in [4.69, 9.17) is 5.73 Å². The van der Waals surface area contributed by atoms with Crippen LogP contribution in [0, 0.1) is 6.92 Å². The molecule has 0 aliphatic carbocycles. The van der Waals surface area contributed by atoms with Gasteiger partial charge in [-0.15, -0.1) is 24.8 Å². The Labute approximate surface area is 92.9 Å². The Bertz CT molecular complexity index is 223. The topological polar surface area (TPSA) is 38.9 Å². The Hall–Kier alpha value is 0.170. The molecule has 1 heterocycles. The van der Waals surface area contributed by atoms with Crippen LogP contribution < -0.4 is 5.73 Å². The zero-order chi connectivity index (χ0) is 7.56. The van der Waals surface area contributed by atoms with Gasteiger partial charge < -0.3 is 5.73 Å². The summed E-state index contributed by atoms with van der Waals surface area (Å²) >= 11 is 3.29. The summed E-state index contributed by atoms with van der Waals surface area (Å²) in [5.74, 6) is 0. The van der Waals surface area contributed by atoms with Crippen molar-refractivity contribution in [3.63, 3.8) is 0 Å². The molecule has 0 fully saturated rings. The average molecular weight is 274 g/mol. The number of pyridine rings is 1. The van der Waals surface area contributed by atoms with Gasteiger partial charge in [0.25, 0.3) is 0 Å². The van der Waals surface area contributed by atoms with Gasteiger partial charge in [0.1, 0.15) is 4.60 Å². The fraction of sp³-hybridized carbons (Fsp3) is 0.286. The van der Waals surface area contributed by atoms with E-state index >= 15 is 0 Å². The SMILES string of the molecule is Cc1cc(Br)nc(CN)c1.Cl.Cl. The number of nitrogens with two attached hydrogens (primary N) is 1. The van der Waals surface area contributed by atoms with E-state index in [-0.39, 0.29) is 24.8 Å². The molecule has 0 aromatic carbocycles. The van der Waals surface area contributed by atoms with Gasteiger partial charge in [0.15, 0.2) is 0 Å². The zero-order valence-corrected chi connectivity index (χ0v) is 9.80. The van der Waals surface area contributed by atoms with Gasteiger partial charge in [-0.2, -0.15) is 0 Å². The first kappa shape index (κ1) is 14.7. The Kier molecular flexibility index (Phi) is 8.15. The first-order valence-electron chi connectivity index (χ1n) is 3.05. The molecular weight excluding hydrogens is 263 g/mol. The molecule has 0 saturated heterocycles. The summed E-state index contributed by atoms with van der Waals surface area (Å²) in [7, 11) is 0. The molecule has 0 amide bonds. The monoisotopic (exact) mass is 272 g/mol. The number of nitrogens with zero attached hydrogens (tertiary/aromatic N) is 1. The maximum absolute atomic E-state index is 5.40. The molecule has 1 aromatic heterocycles. The van der Waals surface area contributed by atoms with Crippen LogP contribution in [0.15, 0.2) is 16.7 Å². The van der Waals surface area contributed by atoms with E-state index in [9.17, 15) is 0 Å². The van der Waals surface area contributed by atoms with Gasteiger partial charge >= 0.3 is 0 Å². The van der Waals surface area contributed by atoms with Crippen molar-refractivity contribution in [3.8, 4) is 0 Å². The fourth-order valence-electron chi connectivity index (χ4n) is 0.799. The van der Waals surface area contributed by atoms with Crippen molar-refractivity contribution >= 4 is 40.7 Å². The summed E-state index contributed by atoms with van der Waals surface area (Å²) in [4.78, 5) is 4.14. The van der Waals surface area contributed by atoms with Crippen LogP contribution in [0.2, 0.25) is 0 Å². The largest absolute Gasteiger partial charge is 0.325 e. The molecule has 70 valence electrons. The number of hydrogen-bond acceptors (Lipinski definition) is 2. The molecule has 0 aliphatic rings. The van der Waals surface area contributed by atoms with Crippen molar-refractivity contribution in [2.45, 2.75) is 13.5 Å². The molecule has 0 bridgehead atoms. The van der Waals surface area contributed by atoms with E-state index in [0.29, 0.717) is 6.54 Å². The summed E-state index contributed by atoms with van der Waals surface area (Å²) in [6, 6.07) is 3.93. The summed E-state index contributed by atoms with van der Waals surface area (Å²) in [6.07, 6.45) is 0. The van der Waals surface area contributed by atoms with Gasteiger partial charge in [-0.05, 0) is 40.5 Å². The molecule has 1 rings (SSSR count). The van der Waals surface area contributed by atoms with E-state index in [1.54, 1.807) is 0 Å². The zero-order valence-electron chi connectivity index (χ0n) is 6.58. The van der Waals surface area contributed by atoms with Crippen LogP contribution in [-0.4, -0.2) is 4.98 Å². The summed E-state index contributed by atoms with van der Waals surface area (Å²) in [5.41, 5.74) is 7.51. The lowest BCUT2D eigenvalue weighted by Gasteiger charge is -1.98. The molecular formula is C7H11BrCl2N2. The second kappa shape index (κ2) is 6.66. The Morgan fingerprint density at radius 1 is 1.42 bits per heavy atom. The van der Waals surface area contributed by atoms with E-state index in [2.05, 4.69) is 20.9 Å². The van der Waals surface area contributed by atoms with Crippen molar-refractivity contribution in [1.82, 2.24) is 4.98 Å². The molecule has 0 saturated carbocycles. The average Bonchev–Trinajstić information content (AvgIpc) is 1.85.